The minimum atomic E-state index is -0.595. The molecule has 1 aliphatic rings. The molecule has 28 heavy (non-hydrogen) atoms. The van der Waals surface area contributed by atoms with E-state index in [1.807, 2.05) is 19.1 Å². The smallest absolute Gasteiger partial charge is 0.261 e. The molecule has 1 aliphatic heterocycles. The van der Waals surface area contributed by atoms with E-state index in [4.69, 9.17) is 4.74 Å². The molecule has 0 radical (unpaired) electrons. The minimum Gasteiger partial charge on any atom is -0.481 e. The summed E-state index contributed by atoms with van der Waals surface area (Å²) in [6, 6.07) is 14.1. The summed E-state index contributed by atoms with van der Waals surface area (Å²) in [7, 11) is 0. The van der Waals surface area contributed by atoms with E-state index in [9.17, 15) is 9.18 Å². The van der Waals surface area contributed by atoms with Crippen molar-refractivity contribution in [3.63, 3.8) is 0 Å². The third-order valence-electron chi connectivity index (χ3n) is 5.07. The first-order chi connectivity index (χ1) is 13.6. The lowest BCUT2D eigenvalue weighted by Gasteiger charge is -2.26. The molecule has 2 aromatic carbocycles. The van der Waals surface area contributed by atoms with Gasteiger partial charge in [0.05, 0.1) is 0 Å². The average Bonchev–Trinajstić information content (AvgIpc) is 2.72. The van der Waals surface area contributed by atoms with E-state index in [0.717, 1.165) is 12.1 Å². The molecule has 1 N–H and O–H groups in total. The third kappa shape index (κ3) is 6.06. The second-order valence-corrected chi connectivity index (χ2v) is 7.34. The zero-order valence-electron chi connectivity index (χ0n) is 16.5. The summed E-state index contributed by atoms with van der Waals surface area (Å²) in [6.45, 7) is 5.66. The lowest BCUT2D eigenvalue weighted by atomic mass is 10.1. The molecule has 1 unspecified atom stereocenters. The van der Waals surface area contributed by atoms with Crippen molar-refractivity contribution in [1.82, 2.24) is 10.2 Å². The first kappa shape index (κ1) is 20.3. The Kier molecular flexibility index (Phi) is 7.43. The van der Waals surface area contributed by atoms with Crippen molar-refractivity contribution >= 4 is 5.91 Å². The van der Waals surface area contributed by atoms with Gasteiger partial charge in [-0.1, -0.05) is 37.6 Å². The zero-order valence-corrected chi connectivity index (χ0v) is 16.5. The number of hydrogen-bond acceptors (Lipinski definition) is 3. The lowest BCUT2D eigenvalue weighted by Crippen LogP contribution is -2.37. The zero-order chi connectivity index (χ0) is 19.8. The quantitative estimate of drug-likeness (QED) is 0.738. The van der Waals surface area contributed by atoms with E-state index in [-0.39, 0.29) is 11.7 Å². The summed E-state index contributed by atoms with van der Waals surface area (Å²) in [5, 5.41) is 2.96. The molecule has 1 atom stereocenters. The second kappa shape index (κ2) is 10.2. The van der Waals surface area contributed by atoms with Crippen LogP contribution < -0.4 is 10.1 Å². The summed E-state index contributed by atoms with van der Waals surface area (Å²) < 4.78 is 18.7. The maximum atomic E-state index is 13.0. The predicted octanol–water partition coefficient (Wildman–Crippen LogP) is 4.29. The lowest BCUT2D eigenvalue weighted by molar-refractivity contribution is -0.128. The summed E-state index contributed by atoms with van der Waals surface area (Å²) >= 11 is 0. The summed E-state index contributed by atoms with van der Waals surface area (Å²) in [5.74, 6) is 0.00877. The number of halogens is 1. The van der Waals surface area contributed by atoms with Crippen LogP contribution in [-0.2, 0) is 17.9 Å². The number of hydrogen-bond donors (Lipinski definition) is 1. The van der Waals surface area contributed by atoms with Crippen LogP contribution in [0.5, 0.6) is 5.75 Å². The molecule has 0 aliphatic carbocycles. The number of nitrogens with zero attached hydrogens (tertiary/aromatic N) is 1. The van der Waals surface area contributed by atoms with Gasteiger partial charge in [-0.25, -0.2) is 4.39 Å². The number of rotatable bonds is 8. The molecule has 4 nitrogen and oxygen atoms in total. The Hall–Kier alpha value is -2.40. The van der Waals surface area contributed by atoms with Gasteiger partial charge in [0.25, 0.3) is 5.91 Å². The number of likely N-dealkylation sites (tertiary alicyclic amines) is 1. The molecule has 150 valence electrons. The van der Waals surface area contributed by atoms with E-state index in [0.29, 0.717) is 18.7 Å². The summed E-state index contributed by atoms with van der Waals surface area (Å²) in [5.41, 5.74) is 2.36. The fraction of sp³-hybridized carbons (Fsp3) is 0.435. The molecule has 1 amide bonds. The monoisotopic (exact) mass is 384 g/mol. The Labute approximate surface area is 166 Å². The van der Waals surface area contributed by atoms with Crippen molar-refractivity contribution in [2.24, 2.45) is 0 Å². The van der Waals surface area contributed by atoms with Gasteiger partial charge >= 0.3 is 0 Å². The van der Waals surface area contributed by atoms with Crippen molar-refractivity contribution in [3.8, 4) is 5.75 Å². The Morgan fingerprint density at radius 1 is 1.11 bits per heavy atom. The van der Waals surface area contributed by atoms with Gasteiger partial charge in [0.2, 0.25) is 0 Å². The van der Waals surface area contributed by atoms with Gasteiger partial charge in [0, 0.05) is 13.1 Å². The van der Waals surface area contributed by atoms with Crippen LogP contribution >= 0.6 is 0 Å². The van der Waals surface area contributed by atoms with Crippen molar-refractivity contribution < 1.29 is 13.9 Å². The fourth-order valence-corrected chi connectivity index (χ4v) is 3.52. The van der Waals surface area contributed by atoms with E-state index < -0.39 is 6.10 Å². The molecule has 1 fully saturated rings. The molecule has 0 spiro atoms. The molecule has 3 rings (SSSR count). The molecule has 1 saturated heterocycles. The van der Waals surface area contributed by atoms with Crippen molar-refractivity contribution in [2.45, 2.75) is 51.8 Å². The highest BCUT2D eigenvalue weighted by Gasteiger charge is 2.18. The van der Waals surface area contributed by atoms with Gasteiger partial charge in [0.15, 0.2) is 6.10 Å². The predicted molar refractivity (Wildman–Crippen MR) is 109 cm³/mol. The summed E-state index contributed by atoms with van der Waals surface area (Å²) in [6.07, 6.45) is 3.84. The van der Waals surface area contributed by atoms with E-state index in [1.165, 1.54) is 62.2 Å². The first-order valence-electron chi connectivity index (χ1n) is 10.1. The SMILES string of the molecule is CCC(Oc1ccc(F)cc1)C(=O)NCc1cccc(CN2CCCCC2)c1. The molecule has 0 bridgehead atoms. The largest absolute Gasteiger partial charge is 0.481 e. The molecular formula is C23H29FN2O2. The number of carbonyl (C=O) groups excluding carboxylic acids is 1. The Morgan fingerprint density at radius 2 is 1.82 bits per heavy atom. The van der Waals surface area contributed by atoms with Crippen molar-refractivity contribution in [1.29, 1.82) is 0 Å². The Balaban J connectivity index is 1.52. The van der Waals surface area contributed by atoms with Crippen LogP contribution in [0.4, 0.5) is 4.39 Å². The van der Waals surface area contributed by atoms with Gasteiger partial charge < -0.3 is 10.1 Å². The molecule has 2 aromatic rings. The molecule has 5 heteroatoms. The fourth-order valence-electron chi connectivity index (χ4n) is 3.52. The maximum absolute atomic E-state index is 13.0. The highest BCUT2D eigenvalue weighted by molar-refractivity contribution is 5.81. The van der Waals surface area contributed by atoms with Crippen molar-refractivity contribution in [3.05, 3.63) is 65.5 Å². The highest BCUT2D eigenvalue weighted by Crippen LogP contribution is 2.16. The average molecular weight is 384 g/mol. The number of amides is 1. The van der Waals surface area contributed by atoms with Crippen LogP contribution in [-0.4, -0.2) is 30.0 Å². The maximum Gasteiger partial charge on any atom is 0.261 e. The van der Waals surface area contributed by atoms with E-state index in [1.54, 1.807) is 0 Å². The van der Waals surface area contributed by atoms with Crippen LogP contribution in [0.1, 0.15) is 43.7 Å². The van der Waals surface area contributed by atoms with Gasteiger partial charge in [-0.05, 0) is 67.7 Å². The van der Waals surface area contributed by atoms with E-state index in [2.05, 4.69) is 22.3 Å². The third-order valence-corrected chi connectivity index (χ3v) is 5.07. The molecule has 1 heterocycles. The van der Waals surface area contributed by atoms with Gasteiger partial charge in [0.1, 0.15) is 11.6 Å². The minimum absolute atomic E-state index is 0.159. The number of ether oxygens (including phenoxy) is 1. The normalized spacial score (nSPS) is 15.8. The molecule has 0 saturated carbocycles. The standard InChI is InChI=1S/C23H29FN2O2/c1-2-22(28-21-11-9-20(24)10-12-21)23(27)25-16-18-7-6-8-19(15-18)17-26-13-4-3-5-14-26/h6-12,15,22H,2-5,13-14,16-17H2,1H3,(H,25,27). The Morgan fingerprint density at radius 3 is 2.54 bits per heavy atom. The second-order valence-electron chi connectivity index (χ2n) is 7.34. The van der Waals surface area contributed by atoms with Gasteiger partial charge in [-0.2, -0.15) is 0 Å². The van der Waals surface area contributed by atoms with Gasteiger partial charge in [-0.3, -0.25) is 9.69 Å². The summed E-state index contributed by atoms with van der Waals surface area (Å²) in [4.78, 5) is 15.0. The van der Waals surface area contributed by atoms with Crippen LogP contribution in [0, 0.1) is 5.82 Å². The van der Waals surface area contributed by atoms with Crippen LogP contribution in [0.3, 0.4) is 0 Å². The van der Waals surface area contributed by atoms with Crippen LogP contribution in [0.25, 0.3) is 0 Å². The van der Waals surface area contributed by atoms with Gasteiger partial charge in [-0.15, -0.1) is 0 Å². The first-order valence-corrected chi connectivity index (χ1v) is 10.1. The van der Waals surface area contributed by atoms with Crippen LogP contribution in [0.15, 0.2) is 48.5 Å². The number of nitrogens with one attached hydrogen (secondary N) is 1. The number of piperidine rings is 1. The Bertz CT molecular complexity index is 757. The number of benzene rings is 2. The van der Waals surface area contributed by atoms with Crippen LogP contribution in [0.2, 0.25) is 0 Å². The van der Waals surface area contributed by atoms with E-state index >= 15 is 0 Å². The van der Waals surface area contributed by atoms with Crippen molar-refractivity contribution in [2.75, 3.05) is 13.1 Å². The topological polar surface area (TPSA) is 41.6 Å². The molecule has 0 aromatic heterocycles. The highest BCUT2D eigenvalue weighted by atomic mass is 19.1. The molecular weight excluding hydrogens is 355 g/mol. The number of carbonyl (C=O) groups is 1.